The topological polar surface area (TPSA) is 70.0 Å². The molecule has 0 atom stereocenters. The van der Waals surface area contributed by atoms with Crippen LogP contribution in [0.5, 0.6) is 0 Å². The number of carbonyl (C=O) groups is 2. The van der Waals surface area contributed by atoms with Crippen molar-refractivity contribution < 1.29 is 9.59 Å². The molecule has 2 rings (SSSR count). The lowest BCUT2D eigenvalue weighted by Crippen LogP contribution is -2.12. The van der Waals surface area contributed by atoms with Crippen molar-refractivity contribution in [3.63, 3.8) is 0 Å². The van der Waals surface area contributed by atoms with Crippen LogP contribution in [0.3, 0.4) is 0 Å². The minimum absolute atomic E-state index is 0.230. The van der Waals surface area contributed by atoms with Gasteiger partial charge in [-0.15, -0.1) is 0 Å². The van der Waals surface area contributed by atoms with E-state index in [0.717, 1.165) is 0 Å². The number of amides is 1. The van der Waals surface area contributed by atoms with Crippen molar-refractivity contribution in [3.05, 3.63) is 65.2 Å². The third-order valence-electron chi connectivity index (χ3n) is 2.74. The fourth-order valence-corrected chi connectivity index (χ4v) is 1.85. The SMILES string of the molecule is CC(=O)Nc1ccc(C#N)cc1C(=O)c1ccccc1. The van der Waals surface area contributed by atoms with E-state index >= 15 is 0 Å². The van der Waals surface area contributed by atoms with Crippen LogP contribution in [0.4, 0.5) is 5.69 Å². The van der Waals surface area contributed by atoms with Crippen LogP contribution in [0.15, 0.2) is 48.5 Å². The van der Waals surface area contributed by atoms with Crippen molar-refractivity contribution in [2.45, 2.75) is 6.92 Å². The van der Waals surface area contributed by atoms with Gasteiger partial charge in [0, 0.05) is 18.1 Å². The van der Waals surface area contributed by atoms with Gasteiger partial charge >= 0.3 is 0 Å². The van der Waals surface area contributed by atoms with Crippen LogP contribution in [0, 0.1) is 11.3 Å². The Balaban J connectivity index is 2.50. The molecule has 0 fully saturated rings. The lowest BCUT2D eigenvalue weighted by Gasteiger charge is -2.09. The summed E-state index contributed by atoms with van der Waals surface area (Å²) in [6.07, 6.45) is 0. The molecule has 0 saturated carbocycles. The van der Waals surface area contributed by atoms with Gasteiger partial charge in [0.2, 0.25) is 5.91 Å². The molecule has 98 valence electrons. The van der Waals surface area contributed by atoms with E-state index in [0.29, 0.717) is 22.4 Å². The lowest BCUT2D eigenvalue weighted by molar-refractivity contribution is -0.114. The fourth-order valence-electron chi connectivity index (χ4n) is 1.85. The molecule has 0 saturated heterocycles. The Morgan fingerprint density at radius 3 is 2.40 bits per heavy atom. The van der Waals surface area contributed by atoms with E-state index in [1.165, 1.54) is 13.0 Å². The Kier molecular flexibility index (Phi) is 3.92. The zero-order chi connectivity index (χ0) is 14.5. The molecule has 0 aromatic heterocycles. The number of ketones is 1. The molecular weight excluding hydrogens is 252 g/mol. The van der Waals surface area contributed by atoms with Gasteiger partial charge in [0.1, 0.15) is 0 Å². The van der Waals surface area contributed by atoms with Gasteiger partial charge in [-0.3, -0.25) is 9.59 Å². The highest BCUT2D eigenvalue weighted by Crippen LogP contribution is 2.21. The summed E-state index contributed by atoms with van der Waals surface area (Å²) in [6, 6.07) is 15.3. The first kappa shape index (κ1) is 13.5. The van der Waals surface area contributed by atoms with Crippen LogP contribution in [0.2, 0.25) is 0 Å². The van der Waals surface area contributed by atoms with Gasteiger partial charge in [0.05, 0.1) is 17.3 Å². The summed E-state index contributed by atoms with van der Waals surface area (Å²) in [5, 5.41) is 11.5. The molecule has 0 aliphatic carbocycles. The van der Waals surface area contributed by atoms with Gasteiger partial charge in [0.15, 0.2) is 5.78 Å². The minimum Gasteiger partial charge on any atom is -0.326 e. The average molecular weight is 264 g/mol. The second-order valence-electron chi connectivity index (χ2n) is 4.25. The molecule has 1 N–H and O–H groups in total. The zero-order valence-corrected chi connectivity index (χ0v) is 10.9. The van der Waals surface area contributed by atoms with Gasteiger partial charge in [-0.1, -0.05) is 30.3 Å². The third-order valence-corrected chi connectivity index (χ3v) is 2.74. The quantitative estimate of drug-likeness (QED) is 0.866. The maximum Gasteiger partial charge on any atom is 0.221 e. The second kappa shape index (κ2) is 5.81. The van der Waals surface area contributed by atoms with E-state index < -0.39 is 0 Å². The highest BCUT2D eigenvalue weighted by Gasteiger charge is 2.15. The molecule has 0 bridgehead atoms. The molecule has 1 amide bonds. The van der Waals surface area contributed by atoms with Crippen molar-refractivity contribution in [2.75, 3.05) is 5.32 Å². The summed E-state index contributed by atoms with van der Waals surface area (Å²) in [5.74, 6) is -0.497. The first-order chi connectivity index (χ1) is 9.61. The number of anilines is 1. The monoisotopic (exact) mass is 264 g/mol. The predicted molar refractivity (Wildman–Crippen MR) is 75.3 cm³/mol. The van der Waals surface area contributed by atoms with Crippen molar-refractivity contribution >= 4 is 17.4 Å². The number of nitrogens with one attached hydrogen (secondary N) is 1. The van der Waals surface area contributed by atoms with Crippen LogP contribution < -0.4 is 5.32 Å². The first-order valence-electron chi connectivity index (χ1n) is 6.03. The Hall–Kier alpha value is -2.93. The molecule has 0 spiro atoms. The van der Waals surface area contributed by atoms with Crippen LogP contribution in [0.1, 0.15) is 28.4 Å². The van der Waals surface area contributed by atoms with Crippen LogP contribution >= 0.6 is 0 Å². The second-order valence-corrected chi connectivity index (χ2v) is 4.25. The Morgan fingerprint density at radius 2 is 1.80 bits per heavy atom. The number of hydrogen-bond donors (Lipinski definition) is 1. The Morgan fingerprint density at radius 1 is 1.10 bits per heavy atom. The van der Waals surface area contributed by atoms with Gasteiger partial charge in [-0.2, -0.15) is 5.26 Å². The molecule has 0 aliphatic rings. The molecule has 4 heteroatoms. The minimum atomic E-state index is -0.267. The van der Waals surface area contributed by atoms with Crippen molar-refractivity contribution in [2.24, 2.45) is 0 Å². The van der Waals surface area contributed by atoms with Crippen molar-refractivity contribution in [1.29, 1.82) is 5.26 Å². The van der Waals surface area contributed by atoms with Gasteiger partial charge in [0.25, 0.3) is 0 Å². The summed E-state index contributed by atoms with van der Waals surface area (Å²) in [5.41, 5.74) is 1.60. The number of nitrogens with zero attached hydrogens (tertiary/aromatic N) is 1. The van der Waals surface area contributed by atoms with E-state index in [-0.39, 0.29) is 11.7 Å². The van der Waals surface area contributed by atoms with Gasteiger partial charge in [-0.05, 0) is 18.2 Å². The Bertz CT molecular complexity index is 700. The van der Waals surface area contributed by atoms with E-state index in [1.54, 1.807) is 36.4 Å². The van der Waals surface area contributed by atoms with E-state index in [2.05, 4.69) is 5.32 Å². The number of rotatable bonds is 3. The number of benzene rings is 2. The summed E-state index contributed by atoms with van der Waals surface area (Å²) >= 11 is 0. The largest absolute Gasteiger partial charge is 0.326 e. The summed E-state index contributed by atoms with van der Waals surface area (Å²) < 4.78 is 0. The molecule has 0 heterocycles. The van der Waals surface area contributed by atoms with Gasteiger partial charge < -0.3 is 5.32 Å². The molecule has 2 aromatic carbocycles. The standard InChI is InChI=1S/C16H12N2O2/c1-11(19)18-15-8-7-12(10-17)9-14(15)16(20)13-5-3-2-4-6-13/h2-9H,1H3,(H,18,19). The number of hydrogen-bond acceptors (Lipinski definition) is 3. The van der Waals surface area contributed by atoms with E-state index in [1.807, 2.05) is 12.1 Å². The maximum absolute atomic E-state index is 12.5. The highest BCUT2D eigenvalue weighted by atomic mass is 16.1. The zero-order valence-electron chi connectivity index (χ0n) is 10.9. The third kappa shape index (κ3) is 2.90. The molecule has 0 aliphatic heterocycles. The number of nitriles is 1. The average Bonchev–Trinajstić information content (AvgIpc) is 2.47. The lowest BCUT2D eigenvalue weighted by atomic mass is 9.99. The predicted octanol–water partition coefficient (Wildman–Crippen LogP) is 2.75. The molecular formula is C16H12N2O2. The van der Waals surface area contributed by atoms with Crippen molar-refractivity contribution in [3.8, 4) is 6.07 Å². The molecule has 0 unspecified atom stereocenters. The highest BCUT2D eigenvalue weighted by molar-refractivity contribution is 6.13. The smallest absolute Gasteiger partial charge is 0.221 e. The molecule has 20 heavy (non-hydrogen) atoms. The molecule has 2 aromatic rings. The fraction of sp³-hybridized carbons (Fsp3) is 0.0625. The van der Waals surface area contributed by atoms with E-state index in [4.69, 9.17) is 5.26 Å². The number of carbonyl (C=O) groups excluding carboxylic acids is 2. The summed E-state index contributed by atoms with van der Waals surface area (Å²) in [7, 11) is 0. The molecule has 4 nitrogen and oxygen atoms in total. The Labute approximate surface area is 116 Å². The first-order valence-corrected chi connectivity index (χ1v) is 6.03. The van der Waals surface area contributed by atoms with Crippen molar-refractivity contribution in [1.82, 2.24) is 0 Å². The van der Waals surface area contributed by atoms with Crippen LogP contribution in [-0.2, 0) is 4.79 Å². The van der Waals surface area contributed by atoms with E-state index in [9.17, 15) is 9.59 Å². The maximum atomic E-state index is 12.5. The normalized spacial score (nSPS) is 9.60. The molecule has 0 radical (unpaired) electrons. The van der Waals surface area contributed by atoms with Crippen LogP contribution in [-0.4, -0.2) is 11.7 Å². The van der Waals surface area contributed by atoms with Crippen LogP contribution in [0.25, 0.3) is 0 Å². The summed E-state index contributed by atoms with van der Waals surface area (Å²) in [6.45, 7) is 1.37. The summed E-state index contributed by atoms with van der Waals surface area (Å²) in [4.78, 5) is 23.6. The van der Waals surface area contributed by atoms with Gasteiger partial charge in [-0.25, -0.2) is 0 Å².